The summed E-state index contributed by atoms with van der Waals surface area (Å²) in [7, 11) is 0. The molecule has 0 fully saturated rings. The van der Waals surface area contributed by atoms with Gasteiger partial charge in [0.05, 0.1) is 6.54 Å². The second-order valence-electron chi connectivity index (χ2n) is 3.38. The Kier molecular flexibility index (Phi) is 3.14. The van der Waals surface area contributed by atoms with Gasteiger partial charge in [-0.15, -0.1) is 0 Å². The van der Waals surface area contributed by atoms with E-state index in [0.717, 1.165) is 4.47 Å². The molecule has 0 aromatic carbocycles. The summed E-state index contributed by atoms with van der Waals surface area (Å²) >= 11 is 3.25. The van der Waals surface area contributed by atoms with Gasteiger partial charge in [0.25, 0.3) is 5.56 Å². The third-order valence-electron chi connectivity index (χ3n) is 2.15. The van der Waals surface area contributed by atoms with Crippen molar-refractivity contribution < 1.29 is 14.3 Å². The highest BCUT2D eigenvalue weighted by atomic mass is 79.9. The number of nitrogens with zero attached hydrogens (tertiary/aromatic N) is 1. The quantitative estimate of drug-likeness (QED) is 0.940. The van der Waals surface area contributed by atoms with Crippen LogP contribution in [0, 0.1) is 0 Å². The molecule has 0 amide bonds. The molecule has 0 unspecified atom stereocenters. The standard InChI is InChI=1S/C11H8BrNO4/c12-7-1-4-10(14)13(5-7)6-8-2-3-9(17-8)11(15)16/h1-5H,6H2,(H,15,16). The molecule has 1 N–H and O–H groups in total. The number of carbonyl (C=O) groups is 1. The number of pyridine rings is 1. The van der Waals surface area contributed by atoms with Gasteiger partial charge in [-0.25, -0.2) is 4.79 Å². The maximum absolute atomic E-state index is 11.5. The number of rotatable bonds is 3. The molecule has 0 aliphatic carbocycles. The second-order valence-corrected chi connectivity index (χ2v) is 4.30. The molecular weight excluding hydrogens is 290 g/mol. The van der Waals surface area contributed by atoms with E-state index in [4.69, 9.17) is 9.52 Å². The van der Waals surface area contributed by atoms with Gasteiger partial charge in [-0.3, -0.25) is 4.79 Å². The summed E-state index contributed by atoms with van der Waals surface area (Å²) in [6, 6.07) is 5.96. The first kappa shape index (κ1) is 11.7. The molecule has 2 heterocycles. The summed E-state index contributed by atoms with van der Waals surface area (Å²) in [5, 5.41) is 8.69. The number of carboxylic acid groups (broad SMARTS) is 1. The Morgan fingerprint density at radius 3 is 2.76 bits per heavy atom. The van der Waals surface area contributed by atoms with Gasteiger partial charge in [-0.05, 0) is 34.1 Å². The molecule has 0 spiro atoms. The maximum Gasteiger partial charge on any atom is 0.371 e. The normalized spacial score (nSPS) is 10.4. The highest BCUT2D eigenvalue weighted by molar-refractivity contribution is 9.10. The number of hydrogen-bond donors (Lipinski definition) is 1. The monoisotopic (exact) mass is 297 g/mol. The first-order chi connectivity index (χ1) is 8.06. The van der Waals surface area contributed by atoms with E-state index < -0.39 is 5.97 Å². The van der Waals surface area contributed by atoms with Crippen LogP contribution in [0.1, 0.15) is 16.3 Å². The predicted molar refractivity (Wildman–Crippen MR) is 63.2 cm³/mol. The lowest BCUT2D eigenvalue weighted by atomic mass is 10.4. The first-order valence-electron chi connectivity index (χ1n) is 4.74. The largest absolute Gasteiger partial charge is 0.475 e. The summed E-state index contributed by atoms with van der Waals surface area (Å²) in [4.78, 5) is 22.1. The van der Waals surface area contributed by atoms with E-state index in [-0.39, 0.29) is 17.9 Å². The molecule has 0 aliphatic rings. The van der Waals surface area contributed by atoms with Crippen LogP contribution < -0.4 is 5.56 Å². The number of aromatic nitrogens is 1. The van der Waals surface area contributed by atoms with Crippen molar-refractivity contribution >= 4 is 21.9 Å². The van der Waals surface area contributed by atoms with Crippen LogP contribution in [0.5, 0.6) is 0 Å². The average molecular weight is 298 g/mol. The lowest BCUT2D eigenvalue weighted by molar-refractivity contribution is 0.0660. The number of carboxylic acids is 1. The fraction of sp³-hybridized carbons (Fsp3) is 0.0909. The second kappa shape index (κ2) is 4.58. The number of hydrogen-bond acceptors (Lipinski definition) is 3. The van der Waals surface area contributed by atoms with Gasteiger partial charge in [0.2, 0.25) is 5.76 Å². The predicted octanol–water partition coefficient (Wildman–Crippen LogP) is 1.95. The van der Waals surface area contributed by atoms with Gasteiger partial charge in [0, 0.05) is 16.7 Å². The van der Waals surface area contributed by atoms with Crippen molar-refractivity contribution in [2.24, 2.45) is 0 Å². The van der Waals surface area contributed by atoms with Crippen LogP contribution in [0.15, 0.2) is 44.1 Å². The Morgan fingerprint density at radius 1 is 1.35 bits per heavy atom. The van der Waals surface area contributed by atoms with Crippen molar-refractivity contribution in [1.82, 2.24) is 4.57 Å². The van der Waals surface area contributed by atoms with Crippen molar-refractivity contribution in [2.45, 2.75) is 6.54 Å². The van der Waals surface area contributed by atoms with Crippen LogP contribution in [0.25, 0.3) is 0 Å². The summed E-state index contributed by atoms with van der Waals surface area (Å²) in [5.41, 5.74) is -0.179. The van der Waals surface area contributed by atoms with Gasteiger partial charge in [0.1, 0.15) is 5.76 Å². The summed E-state index contributed by atoms with van der Waals surface area (Å²) in [6.45, 7) is 0.200. The van der Waals surface area contributed by atoms with E-state index in [1.165, 1.54) is 22.8 Å². The molecule has 2 aromatic heterocycles. The minimum Gasteiger partial charge on any atom is -0.475 e. The highest BCUT2D eigenvalue weighted by Gasteiger charge is 2.09. The Bertz CT molecular complexity index is 614. The molecule has 0 atom stereocenters. The Hall–Kier alpha value is -1.82. The van der Waals surface area contributed by atoms with Crippen LogP contribution in [-0.4, -0.2) is 15.6 Å². The molecule has 17 heavy (non-hydrogen) atoms. The van der Waals surface area contributed by atoms with Gasteiger partial charge in [-0.1, -0.05) is 0 Å². The Morgan fingerprint density at radius 2 is 2.12 bits per heavy atom. The van der Waals surface area contributed by atoms with Gasteiger partial charge in [0.15, 0.2) is 0 Å². The Balaban J connectivity index is 2.28. The Labute approximate surface area is 104 Å². The number of aromatic carboxylic acids is 1. The molecular formula is C11H8BrNO4. The lowest BCUT2D eigenvalue weighted by Crippen LogP contribution is -2.18. The molecule has 0 aliphatic heterocycles. The molecule has 6 heteroatoms. The number of furan rings is 1. The van der Waals surface area contributed by atoms with Crippen LogP contribution in [0.3, 0.4) is 0 Å². The minimum absolute atomic E-state index is 0.136. The van der Waals surface area contributed by atoms with Crippen LogP contribution in [-0.2, 0) is 6.54 Å². The summed E-state index contributed by atoms with van der Waals surface area (Å²) in [6.07, 6.45) is 1.62. The molecule has 0 saturated heterocycles. The van der Waals surface area contributed by atoms with E-state index >= 15 is 0 Å². The molecule has 0 saturated carbocycles. The van der Waals surface area contributed by atoms with E-state index in [2.05, 4.69) is 15.9 Å². The smallest absolute Gasteiger partial charge is 0.371 e. The fourth-order valence-corrected chi connectivity index (χ4v) is 1.75. The van der Waals surface area contributed by atoms with Crippen molar-refractivity contribution in [3.63, 3.8) is 0 Å². The van der Waals surface area contributed by atoms with Crippen LogP contribution in [0.4, 0.5) is 0 Å². The molecule has 0 bridgehead atoms. The average Bonchev–Trinajstić information content (AvgIpc) is 2.72. The molecule has 2 rings (SSSR count). The van der Waals surface area contributed by atoms with E-state index in [1.807, 2.05) is 0 Å². The van der Waals surface area contributed by atoms with Crippen molar-refractivity contribution in [1.29, 1.82) is 0 Å². The first-order valence-corrected chi connectivity index (χ1v) is 5.53. The highest BCUT2D eigenvalue weighted by Crippen LogP contribution is 2.10. The third-order valence-corrected chi connectivity index (χ3v) is 2.62. The van der Waals surface area contributed by atoms with Gasteiger partial charge < -0.3 is 14.1 Å². The lowest BCUT2D eigenvalue weighted by Gasteiger charge is -2.02. The topological polar surface area (TPSA) is 72.4 Å². The number of halogens is 1. The zero-order chi connectivity index (χ0) is 12.4. The zero-order valence-corrected chi connectivity index (χ0v) is 10.2. The molecule has 0 radical (unpaired) electrons. The molecule has 2 aromatic rings. The van der Waals surface area contributed by atoms with E-state index in [1.54, 1.807) is 12.3 Å². The minimum atomic E-state index is -1.13. The van der Waals surface area contributed by atoms with Crippen molar-refractivity contribution in [3.05, 3.63) is 56.8 Å². The van der Waals surface area contributed by atoms with Gasteiger partial charge >= 0.3 is 5.97 Å². The van der Waals surface area contributed by atoms with E-state index in [0.29, 0.717) is 5.76 Å². The summed E-state index contributed by atoms with van der Waals surface area (Å²) in [5.74, 6) is -0.844. The summed E-state index contributed by atoms with van der Waals surface area (Å²) < 4.78 is 7.26. The van der Waals surface area contributed by atoms with Crippen molar-refractivity contribution in [3.8, 4) is 0 Å². The van der Waals surface area contributed by atoms with Gasteiger partial charge in [-0.2, -0.15) is 0 Å². The maximum atomic E-state index is 11.5. The van der Waals surface area contributed by atoms with Crippen LogP contribution >= 0.6 is 15.9 Å². The van der Waals surface area contributed by atoms with E-state index in [9.17, 15) is 9.59 Å². The van der Waals surface area contributed by atoms with Crippen molar-refractivity contribution in [2.75, 3.05) is 0 Å². The van der Waals surface area contributed by atoms with Crippen LogP contribution in [0.2, 0.25) is 0 Å². The fourth-order valence-electron chi connectivity index (χ4n) is 1.37. The SMILES string of the molecule is O=C(O)c1ccc(Cn2cc(Br)ccc2=O)o1. The third kappa shape index (κ3) is 2.65. The molecule has 5 nitrogen and oxygen atoms in total. The molecule has 88 valence electrons. The zero-order valence-electron chi connectivity index (χ0n) is 8.59.